The number of nitrogens with one attached hydrogen (secondary N) is 1. The average molecular weight is 413 g/mol. The maximum atomic E-state index is 10.2. The predicted octanol–water partition coefficient (Wildman–Crippen LogP) is 4.03. The molecule has 28 heavy (non-hydrogen) atoms. The number of rotatable bonds is 1. The van der Waals surface area contributed by atoms with E-state index in [9.17, 15) is 5.11 Å². The Balaban J connectivity index is 0.000000352. The zero-order valence-electron chi connectivity index (χ0n) is 17.6. The largest absolute Gasteiger partial charge is 0.386 e. The maximum absolute atomic E-state index is 10.2. The zero-order valence-corrected chi connectivity index (χ0v) is 18.3. The van der Waals surface area contributed by atoms with Gasteiger partial charge in [0.05, 0.1) is 18.1 Å². The smallest absolute Gasteiger partial charge is 0.163 e. The summed E-state index contributed by atoms with van der Waals surface area (Å²) in [6.45, 7) is 10.8. The molecule has 4 N–H and O–H groups in total. The van der Waals surface area contributed by atoms with Crippen molar-refractivity contribution in [1.82, 2.24) is 14.5 Å². The van der Waals surface area contributed by atoms with Crippen molar-refractivity contribution in [1.29, 1.82) is 0 Å². The van der Waals surface area contributed by atoms with Crippen molar-refractivity contribution >= 4 is 28.5 Å². The van der Waals surface area contributed by atoms with E-state index in [2.05, 4.69) is 26.8 Å². The molecule has 0 bridgehead atoms. The van der Waals surface area contributed by atoms with Gasteiger partial charge in [-0.3, -0.25) is 0 Å². The van der Waals surface area contributed by atoms with Crippen molar-refractivity contribution in [2.24, 2.45) is 5.92 Å². The number of halogens is 1. The Hall–Kier alpha value is -1.41. The number of hydrogen-bond acceptors (Lipinski definition) is 6. The van der Waals surface area contributed by atoms with Crippen LogP contribution in [0, 0.1) is 5.92 Å². The molecular weight excluding hydrogens is 380 g/mol. The molecule has 7 nitrogen and oxygen atoms in total. The third-order valence-electron chi connectivity index (χ3n) is 4.90. The summed E-state index contributed by atoms with van der Waals surface area (Å²) in [5.74, 6) is -0.752. The Morgan fingerprint density at radius 3 is 2.36 bits per heavy atom. The SMILES string of the molecule is CC.CC(C)(O)O.CC1CCC(n2cnc3c4c(c(Cl)nc32)C(O)C(C)N4)C1. The third kappa shape index (κ3) is 4.95. The second kappa shape index (κ2) is 8.95. The molecule has 0 saturated heterocycles. The molecule has 8 heteroatoms. The molecular formula is C20H33ClN4O3. The van der Waals surface area contributed by atoms with Gasteiger partial charge in [-0.1, -0.05) is 32.4 Å². The van der Waals surface area contributed by atoms with Crippen LogP contribution in [0.5, 0.6) is 0 Å². The number of pyridine rings is 1. The van der Waals surface area contributed by atoms with Gasteiger partial charge in [0.2, 0.25) is 0 Å². The number of aliphatic hydroxyl groups is 3. The third-order valence-corrected chi connectivity index (χ3v) is 5.19. The molecule has 2 aliphatic rings. The number of aliphatic hydroxyl groups excluding tert-OH is 1. The molecule has 1 aliphatic heterocycles. The highest BCUT2D eigenvalue weighted by Gasteiger charge is 2.34. The number of aromatic nitrogens is 3. The van der Waals surface area contributed by atoms with Gasteiger partial charge in [0.1, 0.15) is 16.8 Å². The standard InChI is InChI=1S/C15H19ClN4O.C3H8O2.C2H6/c1-7-3-4-9(5-7)20-6-17-12-11-10(13(21)8(2)18-11)14(16)19-15(12)20;1-3(2,4)5;1-2/h6-9,13,18,21H,3-5H2,1-2H3;4-5H,1-2H3;1-2H3. The van der Waals surface area contributed by atoms with Crippen LogP contribution in [0.3, 0.4) is 0 Å². The molecule has 1 saturated carbocycles. The van der Waals surface area contributed by atoms with Gasteiger partial charge in [0.15, 0.2) is 11.4 Å². The number of fused-ring (bicyclic) bond motifs is 3. The van der Waals surface area contributed by atoms with Gasteiger partial charge in [-0.15, -0.1) is 0 Å². The van der Waals surface area contributed by atoms with Crippen LogP contribution in [0.4, 0.5) is 5.69 Å². The first-order valence-electron chi connectivity index (χ1n) is 10.0. The van der Waals surface area contributed by atoms with E-state index in [1.54, 1.807) is 0 Å². The van der Waals surface area contributed by atoms with Crippen molar-refractivity contribution in [2.75, 3.05) is 5.32 Å². The molecule has 2 aromatic rings. The van der Waals surface area contributed by atoms with Crippen molar-refractivity contribution in [3.63, 3.8) is 0 Å². The van der Waals surface area contributed by atoms with Gasteiger partial charge >= 0.3 is 0 Å². The van der Waals surface area contributed by atoms with E-state index in [0.29, 0.717) is 16.8 Å². The summed E-state index contributed by atoms with van der Waals surface area (Å²) in [5, 5.41) is 30.1. The Morgan fingerprint density at radius 2 is 1.82 bits per heavy atom. The number of anilines is 1. The first-order valence-corrected chi connectivity index (χ1v) is 10.4. The summed E-state index contributed by atoms with van der Waals surface area (Å²) >= 11 is 6.32. The lowest BCUT2D eigenvalue weighted by Crippen LogP contribution is -2.15. The molecule has 2 aromatic heterocycles. The summed E-state index contributed by atoms with van der Waals surface area (Å²) in [5.41, 5.74) is 3.17. The molecule has 0 amide bonds. The van der Waals surface area contributed by atoms with Crippen LogP contribution in [-0.2, 0) is 0 Å². The number of hydrogen-bond donors (Lipinski definition) is 4. The minimum absolute atomic E-state index is 0.0680. The normalized spacial score (nSPS) is 26.1. The van der Waals surface area contributed by atoms with Gasteiger partial charge in [-0.25, -0.2) is 9.97 Å². The molecule has 0 radical (unpaired) electrons. The van der Waals surface area contributed by atoms with Gasteiger partial charge < -0.3 is 25.2 Å². The second-order valence-electron chi connectivity index (χ2n) is 7.96. The highest BCUT2D eigenvalue weighted by atomic mass is 35.5. The second-order valence-corrected chi connectivity index (χ2v) is 8.32. The molecule has 4 unspecified atom stereocenters. The average Bonchev–Trinajstić information content (AvgIpc) is 3.27. The molecule has 0 spiro atoms. The lowest BCUT2D eigenvalue weighted by molar-refractivity contribution is -0.127. The van der Waals surface area contributed by atoms with E-state index >= 15 is 0 Å². The molecule has 0 aromatic carbocycles. The van der Waals surface area contributed by atoms with Crippen molar-refractivity contribution in [3.8, 4) is 0 Å². The van der Waals surface area contributed by atoms with Crippen LogP contribution < -0.4 is 5.32 Å². The first kappa shape index (κ1) is 22.9. The van der Waals surface area contributed by atoms with E-state index in [-0.39, 0.29) is 6.04 Å². The maximum Gasteiger partial charge on any atom is 0.163 e. The van der Waals surface area contributed by atoms with E-state index < -0.39 is 11.9 Å². The van der Waals surface area contributed by atoms with Crippen molar-refractivity contribution in [3.05, 3.63) is 17.0 Å². The minimum atomic E-state index is -1.50. The fourth-order valence-corrected chi connectivity index (χ4v) is 3.98. The highest BCUT2D eigenvalue weighted by Crippen LogP contribution is 2.43. The summed E-state index contributed by atoms with van der Waals surface area (Å²) in [6.07, 6.45) is 4.82. The molecule has 4 rings (SSSR count). The summed E-state index contributed by atoms with van der Waals surface area (Å²) < 4.78 is 2.15. The monoisotopic (exact) mass is 412 g/mol. The van der Waals surface area contributed by atoms with Gasteiger partial charge in [-0.2, -0.15) is 0 Å². The Labute approximate surface area is 171 Å². The van der Waals surface area contributed by atoms with Crippen LogP contribution in [0.1, 0.15) is 78.5 Å². The van der Waals surface area contributed by atoms with Crippen LogP contribution in [0.25, 0.3) is 11.2 Å². The summed E-state index contributed by atoms with van der Waals surface area (Å²) in [4.78, 5) is 9.07. The fraction of sp³-hybridized carbons (Fsp3) is 0.700. The molecule has 1 fully saturated rings. The van der Waals surface area contributed by atoms with E-state index in [0.717, 1.165) is 35.6 Å². The van der Waals surface area contributed by atoms with Crippen LogP contribution in [0.15, 0.2) is 6.33 Å². The Kier molecular flexibility index (Phi) is 7.31. The van der Waals surface area contributed by atoms with Crippen molar-refractivity contribution in [2.45, 2.75) is 84.8 Å². The molecule has 158 valence electrons. The first-order chi connectivity index (χ1) is 13.1. The highest BCUT2D eigenvalue weighted by molar-refractivity contribution is 6.31. The number of nitrogens with zero attached hydrogens (tertiary/aromatic N) is 3. The predicted molar refractivity (Wildman–Crippen MR) is 112 cm³/mol. The van der Waals surface area contributed by atoms with Gasteiger partial charge in [0, 0.05) is 11.6 Å². The van der Waals surface area contributed by atoms with Crippen LogP contribution in [-0.4, -0.2) is 41.7 Å². The van der Waals surface area contributed by atoms with Crippen molar-refractivity contribution < 1.29 is 15.3 Å². The summed E-state index contributed by atoms with van der Waals surface area (Å²) in [6, 6.07) is 0.386. The molecule has 4 atom stereocenters. The lowest BCUT2D eigenvalue weighted by Gasteiger charge is -2.13. The lowest BCUT2D eigenvalue weighted by atomic mass is 10.1. The quantitative estimate of drug-likeness (QED) is 0.416. The summed E-state index contributed by atoms with van der Waals surface area (Å²) in [7, 11) is 0. The molecule has 3 heterocycles. The van der Waals surface area contributed by atoms with Crippen LogP contribution in [0.2, 0.25) is 5.15 Å². The van der Waals surface area contributed by atoms with E-state index in [4.69, 9.17) is 21.8 Å². The number of imidazole rings is 1. The molecule has 1 aliphatic carbocycles. The topological polar surface area (TPSA) is 103 Å². The Morgan fingerprint density at radius 1 is 1.21 bits per heavy atom. The minimum Gasteiger partial charge on any atom is -0.386 e. The Bertz CT molecular complexity index is 797. The van der Waals surface area contributed by atoms with E-state index in [1.807, 2.05) is 27.1 Å². The fourth-order valence-electron chi connectivity index (χ4n) is 3.70. The van der Waals surface area contributed by atoms with E-state index in [1.165, 1.54) is 20.3 Å². The van der Waals surface area contributed by atoms with Gasteiger partial charge in [-0.05, 0) is 46.0 Å². The zero-order chi connectivity index (χ0) is 21.2. The van der Waals surface area contributed by atoms with Gasteiger partial charge in [0.25, 0.3) is 0 Å². The van der Waals surface area contributed by atoms with Crippen LogP contribution >= 0.6 is 11.6 Å².